The Morgan fingerprint density at radius 2 is 2.05 bits per heavy atom. The fourth-order valence-electron chi connectivity index (χ4n) is 1.50. The molecule has 2 aromatic carbocycles. The molecule has 0 aliphatic carbocycles. The van der Waals surface area contributed by atoms with Crippen molar-refractivity contribution >= 4 is 44.8 Å². The topological polar surface area (TPSA) is 55.1 Å². The highest BCUT2D eigenvalue weighted by Crippen LogP contribution is 2.25. The van der Waals surface area contributed by atoms with Gasteiger partial charge in [-0.1, -0.05) is 17.7 Å². The van der Waals surface area contributed by atoms with E-state index in [1.807, 2.05) is 0 Å². The number of hydrogen-bond donors (Lipinski definition) is 2. The molecule has 0 atom stereocenters. The summed E-state index contributed by atoms with van der Waals surface area (Å²) in [6, 6.07) is 8.87. The molecule has 1 amide bonds. The monoisotopic (exact) mass is 342 g/mol. The van der Waals surface area contributed by atoms with E-state index in [-0.39, 0.29) is 11.4 Å². The fraction of sp³-hybridized carbons (Fsp3) is 0. The second-order valence-corrected chi connectivity index (χ2v) is 5.05. The Kier molecular flexibility index (Phi) is 4.07. The van der Waals surface area contributed by atoms with Gasteiger partial charge in [0, 0.05) is 10.0 Å². The van der Waals surface area contributed by atoms with E-state index in [9.17, 15) is 9.18 Å². The van der Waals surface area contributed by atoms with Gasteiger partial charge >= 0.3 is 0 Å². The van der Waals surface area contributed by atoms with Gasteiger partial charge in [-0.15, -0.1) is 0 Å². The third-order valence-corrected chi connectivity index (χ3v) is 3.68. The van der Waals surface area contributed by atoms with Crippen LogP contribution in [0.2, 0.25) is 5.02 Å². The van der Waals surface area contributed by atoms with E-state index in [1.165, 1.54) is 18.2 Å². The molecule has 6 heteroatoms. The predicted octanol–water partition coefficient (Wildman–Crippen LogP) is 4.08. The van der Waals surface area contributed by atoms with Crippen LogP contribution < -0.4 is 11.1 Å². The summed E-state index contributed by atoms with van der Waals surface area (Å²) in [5.74, 6) is -1.05. The van der Waals surface area contributed by atoms with Crippen LogP contribution in [0.15, 0.2) is 40.9 Å². The zero-order valence-electron chi connectivity index (χ0n) is 9.58. The molecule has 0 heterocycles. The molecule has 0 aliphatic heterocycles. The van der Waals surface area contributed by atoms with Gasteiger partial charge in [-0.3, -0.25) is 4.79 Å². The normalized spacial score (nSPS) is 10.3. The van der Waals surface area contributed by atoms with E-state index in [1.54, 1.807) is 18.2 Å². The maximum Gasteiger partial charge on any atom is 0.255 e. The van der Waals surface area contributed by atoms with Crippen molar-refractivity contribution in [1.82, 2.24) is 0 Å². The van der Waals surface area contributed by atoms with Gasteiger partial charge in [0.2, 0.25) is 0 Å². The third-order valence-electron chi connectivity index (χ3n) is 2.47. The minimum Gasteiger partial charge on any atom is -0.397 e. The van der Waals surface area contributed by atoms with E-state index >= 15 is 0 Å². The number of amides is 1. The molecular weight excluding hydrogens is 335 g/mol. The summed E-state index contributed by atoms with van der Waals surface area (Å²) in [6.45, 7) is 0. The average molecular weight is 344 g/mol. The fourth-order valence-corrected chi connectivity index (χ4v) is 1.99. The number of nitrogen functional groups attached to an aromatic ring is 1. The largest absolute Gasteiger partial charge is 0.397 e. The number of carbonyl (C=O) groups excluding carboxylic acids is 1. The number of nitrogens with two attached hydrogens (primary N) is 1. The van der Waals surface area contributed by atoms with Crippen LogP contribution in [0.4, 0.5) is 15.8 Å². The molecule has 3 N–H and O–H groups in total. The number of halogens is 3. The highest BCUT2D eigenvalue weighted by Gasteiger charge is 2.12. The maximum atomic E-state index is 13.5. The molecule has 2 rings (SSSR count). The van der Waals surface area contributed by atoms with Crippen molar-refractivity contribution in [1.29, 1.82) is 0 Å². The first kappa shape index (κ1) is 13.8. The second kappa shape index (κ2) is 5.59. The van der Waals surface area contributed by atoms with Crippen LogP contribution in [0.3, 0.4) is 0 Å². The molecule has 0 spiro atoms. The minimum atomic E-state index is -0.582. The Bertz CT molecular complexity index is 628. The molecule has 0 aromatic heterocycles. The van der Waals surface area contributed by atoms with E-state index in [2.05, 4.69) is 21.2 Å². The van der Waals surface area contributed by atoms with Gasteiger partial charge in [0.1, 0.15) is 11.5 Å². The molecule has 3 nitrogen and oxygen atoms in total. The lowest BCUT2D eigenvalue weighted by molar-refractivity contribution is 0.102. The predicted molar refractivity (Wildman–Crippen MR) is 77.9 cm³/mol. The summed E-state index contributed by atoms with van der Waals surface area (Å²) in [4.78, 5) is 12.0. The Hall–Kier alpha value is -1.59. The van der Waals surface area contributed by atoms with Crippen molar-refractivity contribution in [3.8, 4) is 0 Å². The van der Waals surface area contributed by atoms with Crippen LogP contribution in [-0.4, -0.2) is 5.91 Å². The number of nitrogens with one attached hydrogen (secondary N) is 1. The molecule has 0 fully saturated rings. The van der Waals surface area contributed by atoms with E-state index in [4.69, 9.17) is 17.3 Å². The number of rotatable bonds is 2. The van der Waals surface area contributed by atoms with Gasteiger partial charge in [0.05, 0.1) is 10.7 Å². The molecular formula is C13H9BrClFN2O. The highest BCUT2D eigenvalue weighted by molar-refractivity contribution is 9.10. The Morgan fingerprint density at radius 1 is 1.32 bits per heavy atom. The van der Waals surface area contributed by atoms with Gasteiger partial charge in [-0.2, -0.15) is 0 Å². The standard InChI is InChI=1S/C13H9BrClFN2O/c14-8-6-7(4-5-9(8)15)13(19)18-12-10(16)2-1-3-11(12)17/h1-6H,17H2,(H,18,19). The van der Waals surface area contributed by atoms with Crippen molar-refractivity contribution in [2.75, 3.05) is 11.1 Å². The van der Waals surface area contributed by atoms with Crippen LogP contribution in [-0.2, 0) is 0 Å². The average Bonchev–Trinajstić information content (AvgIpc) is 2.37. The molecule has 0 unspecified atom stereocenters. The molecule has 0 aliphatic rings. The van der Waals surface area contributed by atoms with Crippen molar-refractivity contribution < 1.29 is 9.18 Å². The van der Waals surface area contributed by atoms with E-state index < -0.39 is 11.7 Å². The first-order valence-electron chi connectivity index (χ1n) is 5.29. The summed E-state index contributed by atoms with van der Waals surface area (Å²) in [7, 11) is 0. The molecule has 2 aromatic rings. The van der Waals surface area contributed by atoms with Crippen LogP contribution in [0.1, 0.15) is 10.4 Å². The maximum absolute atomic E-state index is 13.5. The Morgan fingerprint density at radius 3 is 2.68 bits per heavy atom. The third kappa shape index (κ3) is 3.05. The Labute approximate surface area is 122 Å². The van der Waals surface area contributed by atoms with Crippen molar-refractivity contribution in [3.05, 3.63) is 57.3 Å². The van der Waals surface area contributed by atoms with Crippen molar-refractivity contribution in [2.45, 2.75) is 0 Å². The highest BCUT2D eigenvalue weighted by atomic mass is 79.9. The van der Waals surface area contributed by atoms with E-state index in [0.29, 0.717) is 15.1 Å². The zero-order valence-corrected chi connectivity index (χ0v) is 11.9. The van der Waals surface area contributed by atoms with Crippen LogP contribution in [0.5, 0.6) is 0 Å². The van der Waals surface area contributed by atoms with Gasteiger partial charge in [-0.25, -0.2) is 4.39 Å². The smallest absolute Gasteiger partial charge is 0.255 e. The molecule has 0 radical (unpaired) electrons. The van der Waals surface area contributed by atoms with Crippen molar-refractivity contribution in [2.24, 2.45) is 0 Å². The number of para-hydroxylation sites is 1. The summed E-state index contributed by atoms with van der Waals surface area (Å²) in [5, 5.41) is 2.93. The molecule has 0 bridgehead atoms. The van der Waals surface area contributed by atoms with Crippen LogP contribution in [0.25, 0.3) is 0 Å². The van der Waals surface area contributed by atoms with Gasteiger partial charge in [0.15, 0.2) is 0 Å². The number of anilines is 2. The second-order valence-electron chi connectivity index (χ2n) is 3.79. The number of hydrogen-bond acceptors (Lipinski definition) is 2. The molecule has 0 saturated heterocycles. The first-order valence-corrected chi connectivity index (χ1v) is 6.46. The summed E-state index contributed by atoms with van der Waals surface area (Å²) in [6.07, 6.45) is 0. The molecule has 0 saturated carbocycles. The minimum absolute atomic E-state index is 0.0291. The van der Waals surface area contributed by atoms with Gasteiger partial charge in [0.25, 0.3) is 5.91 Å². The SMILES string of the molecule is Nc1cccc(F)c1NC(=O)c1ccc(Cl)c(Br)c1. The van der Waals surface area contributed by atoms with Crippen LogP contribution >= 0.6 is 27.5 Å². The summed E-state index contributed by atoms with van der Waals surface area (Å²) < 4.78 is 14.1. The summed E-state index contributed by atoms with van der Waals surface area (Å²) >= 11 is 9.06. The first-order chi connectivity index (χ1) is 8.99. The lowest BCUT2D eigenvalue weighted by atomic mass is 10.2. The quantitative estimate of drug-likeness (QED) is 0.807. The van der Waals surface area contributed by atoms with E-state index in [0.717, 1.165) is 0 Å². The van der Waals surface area contributed by atoms with Gasteiger partial charge < -0.3 is 11.1 Å². The zero-order chi connectivity index (χ0) is 14.0. The molecule has 19 heavy (non-hydrogen) atoms. The summed E-state index contributed by atoms with van der Waals surface area (Å²) in [5.41, 5.74) is 6.10. The lowest BCUT2D eigenvalue weighted by Crippen LogP contribution is -2.14. The number of benzene rings is 2. The van der Waals surface area contributed by atoms with Crippen LogP contribution in [0, 0.1) is 5.82 Å². The Balaban J connectivity index is 2.28. The van der Waals surface area contributed by atoms with Crippen molar-refractivity contribution in [3.63, 3.8) is 0 Å². The molecule has 98 valence electrons. The lowest BCUT2D eigenvalue weighted by Gasteiger charge is -2.09. The van der Waals surface area contributed by atoms with Gasteiger partial charge in [-0.05, 0) is 46.3 Å². The number of carbonyl (C=O) groups is 1.